The predicted molar refractivity (Wildman–Crippen MR) is 137 cm³/mol. The van der Waals surface area contributed by atoms with Gasteiger partial charge in [-0.05, 0) is 55.8 Å². The second kappa shape index (κ2) is 10.3. The minimum Gasteiger partial charge on any atom is -0.378 e. The quantitative estimate of drug-likeness (QED) is 0.333. The summed E-state index contributed by atoms with van der Waals surface area (Å²) < 4.78 is 46.7. The second-order valence-electron chi connectivity index (χ2n) is 9.12. The number of rotatable bonds is 7. The zero-order valence-electron chi connectivity index (χ0n) is 20.6. The number of nitrogens with one attached hydrogen (secondary N) is 2. The summed E-state index contributed by atoms with van der Waals surface area (Å²) in [6, 6.07) is 13.4. The van der Waals surface area contributed by atoms with E-state index < -0.39 is 11.7 Å². The van der Waals surface area contributed by atoms with Gasteiger partial charge in [-0.15, -0.1) is 0 Å². The molecule has 1 aliphatic rings. The molecule has 0 spiro atoms. The molecule has 1 aliphatic heterocycles. The van der Waals surface area contributed by atoms with E-state index in [4.69, 9.17) is 9.72 Å². The molecule has 194 valence electrons. The molecule has 2 N–H and O–H groups in total. The Hall–Kier alpha value is -3.86. The molecule has 2 aromatic carbocycles. The maximum absolute atomic E-state index is 13.1. The first kappa shape index (κ1) is 24.8. The van der Waals surface area contributed by atoms with Gasteiger partial charge >= 0.3 is 6.18 Å². The summed E-state index contributed by atoms with van der Waals surface area (Å²) in [7, 11) is 0. The zero-order valence-corrected chi connectivity index (χ0v) is 20.6. The van der Waals surface area contributed by atoms with E-state index in [2.05, 4.69) is 37.6 Å². The van der Waals surface area contributed by atoms with E-state index in [9.17, 15) is 13.2 Å². The van der Waals surface area contributed by atoms with Crippen molar-refractivity contribution in [2.45, 2.75) is 32.6 Å². The average molecular weight is 512 g/mol. The van der Waals surface area contributed by atoms with Crippen LogP contribution in [0.1, 0.15) is 31.0 Å². The lowest BCUT2D eigenvalue weighted by molar-refractivity contribution is -0.137. The Morgan fingerprint density at radius 2 is 1.78 bits per heavy atom. The van der Waals surface area contributed by atoms with E-state index in [1.54, 1.807) is 6.07 Å². The fourth-order valence-corrected chi connectivity index (χ4v) is 4.37. The standard InChI is InChI=1S/C26H28F3N7O/c1-17(2)36-24-22(23(31-16-32-24)30-15-18-4-3-5-19(14-18)26(27,28)29)34-25(36)33-20-6-8-21(9-7-20)35-10-12-37-13-11-35/h3-9,14,16-17H,10-13,15H2,1-2H3,(H,33,34)(H,30,31,32). The Bertz CT molecular complexity index is 1360. The summed E-state index contributed by atoms with van der Waals surface area (Å²) in [6.45, 7) is 7.41. The van der Waals surface area contributed by atoms with Crippen molar-refractivity contribution < 1.29 is 17.9 Å². The molecular weight excluding hydrogens is 483 g/mol. The third kappa shape index (κ3) is 5.46. The van der Waals surface area contributed by atoms with Gasteiger partial charge in [0.1, 0.15) is 6.33 Å². The molecule has 37 heavy (non-hydrogen) atoms. The van der Waals surface area contributed by atoms with Crippen LogP contribution in [0.15, 0.2) is 54.9 Å². The van der Waals surface area contributed by atoms with Crippen LogP contribution in [0.5, 0.6) is 0 Å². The van der Waals surface area contributed by atoms with Crippen LogP contribution >= 0.6 is 0 Å². The van der Waals surface area contributed by atoms with E-state index >= 15 is 0 Å². The molecule has 1 saturated heterocycles. The summed E-state index contributed by atoms with van der Waals surface area (Å²) in [4.78, 5) is 15.8. The summed E-state index contributed by atoms with van der Waals surface area (Å²) in [6.07, 6.45) is -2.96. The van der Waals surface area contributed by atoms with Crippen molar-refractivity contribution in [2.75, 3.05) is 41.8 Å². The van der Waals surface area contributed by atoms with Gasteiger partial charge in [-0.1, -0.05) is 12.1 Å². The van der Waals surface area contributed by atoms with E-state index in [-0.39, 0.29) is 12.6 Å². The number of ether oxygens (including phenoxy) is 1. The van der Waals surface area contributed by atoms with Crippen LogP contribution in [0.3, 0.4) is 0 Å². The monoisotopic (exact) mass is 511 g/mol. The van der Waals surface area contributed by atoms with Crippen molar-refractivity contribution in [1.82, 2.24) is 19.5 Å². The molecule has 0 radical (unpaired) electrons. The van der Waals surface area contributed by atoms with E-state index in [1.165, 1.54) is 12.4 Å². The highest BCUT2D eigenvalue weighted by atomic mass is 19.4. The first-order valence-electron chi connectivity index (χ1n) is 12.1. The predicted octanol–water partition coefficient (Wildman–Crippen LogP) is 5.62. The van der Waals surface area contributed by atoms with Gasteiger partial charge in [0, 0.05) is 37.1 Å². The number of hydrogen-bond acceptors (Lipinski definition) is 7. The lowest BCUT2D eigenvalue weighted by Gasteiger charge is -2.28. The first-order valence-corrected chi connectivity index (χ1v) is 12.1. The highest BCUT2D eigenvalue weighted by Gasteiger charge is 2.30. The lowest BCUT2D eigenvalue weighted by Crippen LogP contribution is -2.36. The molecule has 2 aromatic heterocycles. The Morgan fingerprint density at radius 3 is 2.49 bits per heavy atom. The van der Waals surface area contributed by atoms with Gasteiger partial charge in [0.15, 0.2) is 17.0 Å². The van der Waals surface area contributed by atoms with Crippen molar-refractivity contribution in [3.63, 3.8) is 0 Å². The van der Waals surface area contributed by atoms with Crippen LogP contribution in [0.4, 0.5) is 36.3 Å². The lowest BCUT2D eigenvalue weighted by atomic mass is 10.1. The number of morpholine rings is 1. The Balaban J connectivity index is 1.39. The van der Waals surface area contributed by atoms with Crippen molar-refractivity contribution in [3.8, 4) is 0 Å². The molecule has 1 fully saturated rings. The van der Waals surface area contributed by atoms with E-state index in [0.717, 1.165) is 49.8 Å². The van der Waals surface area contributed by atoms with Crippen LogP contribution < -0.4 is 15.5 Å². The zero-order chi connectivity index (χ0) is 26.0. The Kier molecular flexibility index (Phi) is 6.88. The highest BCUT2D eigenvalue weighted by molar-refractivity contribution is 5.86. The maximum Gasteiger partial charge on any atom is 0.416 e. The van der Waals surface area contributed by atoms with E-state index in [0.29, 0.717) is 28.5 Å². The molecule has 11 heteroatoms. The number of alkyl halides is 3. The van der Waals surface area contributed by atoms with Crippen molar-refractivity contribution in [3.05, 3.63) is 66.0 Å². The molecule has 0 atom stereocenters. The highest BCUT2D eigenvalue weighted by Crippen LogP contribution is 2.31. The fraction of sp³-hybridized carbons (Fsp3) is 0.346. The summed E-state index contributed by atoms with van der Waals surface area (Å²) in [5.74, 6) is 1.05. The molecule has 0 bridgehead atoms. The third-order valence-electron chi connectivity index (χ3n) is 6.21. The molecule has 0 aliphatic carbocycles. The van der Waals surface area contributed by atoms with Crippen LogP contribution in [-0.2, 0) is 17.5 Å². The number of imidazole rings is 1. The molecule has 5 rings (SSSR count). The van der Waals surface area contributed by atoms with Gasteiger partial charge in [0.05, 0.1) is 18.8 Å². The fourth-order valence-electron chi connectivity index (χ4n) is 4.37. The number of hydrogen-bond donors (Lipinski definition) is 2. The molecule has 0 saturated carbocycles. The SMILES string of the molecule is CC(C)n1c(Nc2ccc(N3CCOCC3)cc2)nc2c(NCc3cccc(C(F)(F)F)c3)ncnc21. The topological polar surface area (TPSA) is 80.1 Å². The van der Waals surface area contributed by atoms with Crippen LogP contribution in [0, 0.1) is 0 Å². The number of fused-ring (bicyclic) bond motifs is 1. The number of benzene rings is 2. The molecule has 0 unspecified atom stereocenters. The molecule has 3 heterocycles. The molecule has 0 amide bonds. The number of halogens is 3. The first-order chi connectivity index (χ1) is 17.8. The van der Waals surface area contributed by atoms with Crippen LogP contribution in [0.25, 0.3) is 11.2 Å². The maximum atomic E-state index is 13.1. The van der Waals surface area contributed by atoms with Crippen molar-refractivity contribution >= 4 is 34.3 Å². The second-order valence-corrected chi connectivity index (χ2v) is 9.12. The summed E-state index contributed by atoms with van der Waals surface area (Å²) in [5, 5.41) is 6.52. The van der Waals surface area contributed by atoms with Crippen molar-refractivity contribution in [2.24, 2.45) is 0 Å². The van der Waals surface area contributed by atoms with Gasteiger partial charge in [-0.25, -0.2) is 15.0 Å². The van der Waals surface area contributed by atoms with Gasteiger partial charge < -0.3 is 20.3 Å². The number of aromatic nitrogens is 4. The smallest absolute Gasteiger partial charge is 0.378 e. The molecule has 4 aromatic rings. The van der Waals surface area contributed by atoms with Crippen LogP contribution in [-0.4, -0.2) is 45.8 Å². The minimum atomic E-state index is -4.39. The normalized spacial score (nSPS) is 14.4. The third-order valence-corrected chi connectivity index (χ3v) is 6.21. The van der Waals surface area contributed by atoms with Gasteiger partial charge in [-0.3, -0.25) is 4.57 Å². The molecular formula is C26H28F3N7O. The van der Waals surface area contributed by atoms with E-state index in [1.807, 2.05) is 30.5 Å². The van der Waals surface area contributed by atoms with Gasteiger partial charge in [-0.2, -0.15) is 13.2 Å². The minimum absolute atomic E-state index is 0.0475. The van der Waals surface area contributed by atoms with Gasteiger partial charge in [0.2, 0.25) is 5.95 Å². The van der Waals surface area contributed by atoms with Crippen molar-refractivity contribution in [1.29, 1.82) is 0 Å². The summed E-state index contributed by atoms with van der Waals surface area (Å²) in [5.41, 5.74) is 2.98. The number of nitrogens with zero attached hydrogens (tertiary/aromatic N) is 5. The Morgan fingerprint density at radius 1 is 1.03 bits per heavy atom. The average Bonchev–Trinajstić information content (AvgIpc) is 3.27. The summed E-state index contributed by atoms with van der Waals surface area (Å²) >= 11 is 0. The van der Waals surface area contributed by atoms with Gasteiger partial charge in [0.25, 0.3) is 0 Å². The Labute approximate surface area is 212 Å². The number of anilines is 4. The largest absolute Gasteiger partial charge is 0.416 e. The molecule has 8 nitrogen and oxygen atoms in total. The van der Waals surface area contributed by atoms with Crippen LogP contribution in [0.2, 0.25) is 0 Å².